The van der Waals surface area contributed by atoms with Gasteiger partial charge < -0.3 is 10.2 Å². The topological polar surface area (TPSA) is 43.7 Å². The number of aliphatic hydroxyl groups excluding tert-OH is 2. The minimum absolute atomic E-state index is 0.177. The molecular formula is C15H23NO2. The molecule has 1 aliphatic heterocycles. The van der Waals surface area contributed by atoms with Gasteiger partial charge in [-0.05, 0) is 37.8 Å². The Morgan fingerprint density at radius 2 is 1.94 bits per heavy atom. The van der Waals surface area contributed by atoms with E-state index < -0.39 is 0 Å². The average Bonchev–Trinajstić information content (AvgIpc) is 2.41. The molecule has 2 unspecified atom stereocenters. The predicted octanol–water partition coefficient (Wildman–Crippen LogP) is 1.96. The number of unbranched alkanes of at least 4 members (excludes halogenated alkanes) is 1. The predicted molar refractivity (Wildman–Crippen MR) is 72.3 cm³/mol. The lowest BCUT2D eigenvalue weighted by molar-refractivity contribution is 0.0393. The van der Waals surface area contributed by atoms with Gasteiger partial charge >= 0.3 is 0 Å². The number of aliphatic hydroxyl groups is 2. The Bertz CT molecular complexity index is 342. The molecule has 3 heteroatoms. The minimum atomic E-state index is -0.177. The van der Waals surface area contributed by atoms with Crippen LogP contribution < -0.4 is 0 Å². The van der Waals surface area contributed by atoms with Crippen molar-refractivity contribution in [2.75, 3.05) is 19.7 Å². The molecule has 0 radical (unpaired) electrons. The highest BCUT2D eigenvalue weighted by atomic mass is 16.3. The summed E-state index contributed by atoms with van der Waals surface area (Å²) in [7, 11) is 0. The summed E-state index contributed by atoms with van der Waals surface area (Å²) in [5.41, 5.74) is 1.29. The SMILES string of the molecule is OCCCCN1CCC(O)CC1c1ccccc1. The molecule has 1 aromatic carbocycles. The van der Waals surface area contributed by atoms with Gasteiger partial charge in [0.15, 0.2) is 0 Å². The maximum atomic E-state index is 9.86. The average molecular weight is 249 g/mol. The van der Waals surface area contributed by atoms with Crippen molar-refractivity contribution in [3.05, 3.63) is 35.9 Å². The van der Waals surface area contributed by atoms with E-state index in [1.54, 1.807) is 0 Å². The molecule has 100 valence electrons. The standard InChI is InChI=1S/C15H23NO2/c17-11-5-4-9-16-10-8-14(18)12-15(16)13-6-2-1-3-7-13/h1-3,6-7,14-15,17-18H,4-5,8-12H2. The molecule has 0 spiro atoms. The third-order valence-electron chi connectivity index (χ3n) is 3.72. The summed E-state index contributed by atoms with van der Waals surface area (Å²) in [5, 5.41) is 18.7. The van der Waals surface area contributed by atoms with Crippen molar-refractivity contribution in [1.29, 1.82) is 0 Å². The van der Waals surface area contributed by atoms with Crippen molar-refractivity contribution < 1.29 is 10.2 Å². The summed E-state index contributed by atoms with van der Waals surface area (Å²) >= 11 is 0. The van der Waals surface area contributed by atoms with Gasteiger partial charge in [-0.2, -0.15) is 0 Å². The van der Waals surface area contributed by atoms with Crippen LogP contribution in [0.3, 0.4) is 0 Å². The molecule has 1 aromatic rings. The Labute approximate surface area is 109 Å². The fraction of sp³-hybridized carbons (Fsp3) is 0.600. The number of nitrogens with zero attached hydrogens (tertiary/aromatic N) is 1. The fourth-order valence-corrected chi connectivity index (χ4v) is 2.71. The van der Waals surface area contributed by atoms with Crippen LogP contribution in [-0.4, -0.2) is 40.9 Å². The van der Waals surface area contributed by atoms with Gasteiger partial charge in [0.25, 0.3) is 0 Å². The van der Waals surface area contributed by atoms with Crippen molar-refractivity contribution in [3.8, 4) is 0 Å². The highest BCUT2D eigenvalue weighted by molar-refractivity contribution is 5.19. The monoisotopic (exact) mass is 249 g/mol. The van der Waals surface area contributed by atoms with Gasteiger partial charge in [-0.1, -0.05) is 30.3 Å². The largest absolute Gasteiger partial charge is 0.396 e. The van der Waals surface area contributed by atoms with E-state index in [2.05, 4.69) is 29.2 Å². The molecule has 2 atom stereocenters. The van der Waals surface area contributed by atoms with Gasteiger partial charge in [0.2, 0.25) is 0 Å². The number of hydrogen-bond donors (Lipinski definition) is 2. The first-order chi connectivity index (χ1) is 8.81. The summed E-state index contributed by atoms with van der Waals surface area (Å²) in [4.78, 5) is 2.44. The molecule has 2 rings (SSSR count). The van der Waals surface area contributed by atoms with Crippen molar-refractivity contribution in [1.82, 2.24) is 4.90 Å². The van der Waals surface area contributed by atoms with Crippen LogP contribution in [0.2, 0.25) is 0 Å². The van der Waals surface area contributed by atoms with Gasteiger partial charge in [0.05, 0.1) is 6.10 Å². The molecule has 2 N–H and O–H groups in total. The van der Waals surface area contributed by atoms with Crippen LogP contribution in [0.5, 0.6) is 0 Å². The smallest absolute Gasteiger partial charge is 0.0570 e. The van der Waals surface area contributed by atoms with E-state index in [4.69, 9.17) is 5.11 Å². The lowest BCUT2D eigenvalue weighted by atomic mass is 9.93. The van der Waals surface area contributed by atoms with Crippen LogP contribution >= 0.6 is 0 Å². The third kappa shape index (κ3) is 3.55. The number of likely N-dealkylation sites (tertiary alicyclic amines) is 1. The van der Waals surface area contributed by atoms with Crippen molar-refractivity contribution in [3.63, 3.8) is 0 Å². The summed E-state index contributed by atoms with van der Waals surface area (Å²) in [6, 6.07) is 10.8. The molecule has 1 aliphatic rings. The zero-order chi connectivity index (χ0) is 12.8. The maximum Gasteiger partial charge on any atom is 0.0570 e. The van der Waals surface area contributed by atoms with Gasteiger partial charge in [0.1, 0.15) is 0 Å². The van der Waals surface area contributed by atoms with Crippen LogP contribution in [0, 0.1) is 0 Å². The summed E-state index contributed by atoms with van der Waals surface area (Å²) in [5.74, 6) is 0. The van der Waals surface area contributed by atoms with Crippen molar-refractivity contribution >= 4 is 0 Å². The van der Waals surface area contributed by atoms with Gasteiger partial charge in [0, 0.05) is 19.2 Å². The van der Waals surface area contributed by atoms with Crippen LogP contribution in [-0.2, 0) is 0 Å². The second kappa shape index (κ2) is 6.88. The number of hydrogen-bond acceptors (Lipinski definition) is 3. The molecule has 1 heterocycles. The first kappa shape index (κ1) is 13.5. The highest BCUT2D eigenvalue weighted by Gasteiger charge is 2.27. The van der Waals surface area contributed by atoms with Crippen LogP contribution in [0.25, 0.3) is 0 Å². The normalized spacial score (nSPS) is 25.2. The Hall–Kier alpha value is -0.900. The molecule has 3 nitrogen and oxygen atoms in total. The Morgan fingerprint density at radius 3 is 2.67 bits per heavy atom. The molecule has 18 heavy (non-hydrogen) atoms. The summed E-state index contributed by atoms with van der Waals surface area (Å²) < 4.78 is 0. The first-order valence-corrected chi connectivity index (χ1v) is 6.89. The van der Waals surface area contributed by atoms with Gasteiger partial charge in [-0.3, -0.25) is 4.90 Å². The molecular weight excluding hydrogens is 226 g/mol. The van der Waals surface area contributed by atoms with E-state index in [-0.39, 0.29) is 12.7 Å². The molecule has 1 saturated heterocycles. The van der Waals surface area contributed by atoms with Crippen LogP contribution in [0.15, 0.2) is 30.3 Å². The molecule has 0 amide bonds. The lowest BCUT2D eigenvalue weighted by Gasteiger charge is -2.38. The van der Waals surface area contributed by atoms with Crippen molar-refractivity contribution in [2.45, 2.75) is 37.8 Å². The van der Waals surface area contributed by atoms with Crippen molar-refractivity contribution in [2.24, 2.45) is 0 Å². The fourth-order valence-electron chi connectivity index (χ4n) is 2.71. The molecule has 0 aliphatic carbocycles. The Morgan fingerprint density at radius 1 is 1.17 bits per heavy atom. The second-order valence-corrected chi connectivity index (χ2v) is 5.07. The Balaban J connectivity index is 2.02. The van der Waals surface area contributed by atoms with E-state index in [0.717, 1.165) is 38.8 Å². The van der Waals surface area contributed by atoms with E-state index in [0.29, 0.717) is 6.04 Å². The minimum Gasteiger partial charge on any atom is -0.396 e. The lowest BCUT2D eigenvalue weighted by Crippen LogP contribution is -2.39. The molecule has 0 aromatic heterocycles. The zero-order valence-corrected chi connectivity index (χ0v) is 10.8. The van der Waals surface area contributed by atoms with Gasteiger partial charge in [-0.15, -0.1) is 0 Å². The molecule has 0 saturated carbocycles. The quantitative estimate of drug-likeness (QED) is 0.784. The van der Waals surface area contributed by atoms with Gasteiger partial charge in [-0.25, -0.2) is 0 Å². The number of piperidine rings is 1. The summed E-state index contributed by atoms with van der Waals surface area (Å²) in [6.45, 7) is 2.23. The molecule has 1 fully saturated rings. The zero-order valence-electron chi connectivity index (χ0n) is 10.8. The Kier molecular flexibility index (Phi) is 5.17. The maximum absolute atomic E-state index is 9.86. The van der Waals surface area contributed by atoms with Crippen LogP contribution in [0.1, 0.15) is 37.3 Å². The van der Waals surface area contributed by atoms with Crippen LogP contribution in [0.4, 0.5) is 0 Å². The second-order valence-electron chi connectivity index (χ2n) is 5.07. The molecule has 0 bridgehead atoms. The number of benzene rings is 1. The third-order valence-corrected chi connectivity index (χ3v) is 3.72. The van der Waals surface area contributed by atoms with E-state index >= 15 is 0 Å². The van der Waals surface area contributed by atoms with E-state index in [9.17, 15) is 5.11 Å². The summed E-state index contributed by atoms with van der Waals surface area (Å²) in [6.07, 6.45) is 3.39. The number of rotatable bonds is 5. The highest BCUT2D eigenvalue weighted by Crippen LogP contribution is 2.31. The van der Waals surface area contributed by atoms with E-state index in [1.807, 2.05) is 6.07 Å². The van der Waals surface area contributed by atoms with E-state index in [1.165, 1.54) is 5.56 Å². The first-order valence-electron chi connectivity index (χ1n) is 6.89.